The Morgan fingerprint density at radius 3 is 2.58 bits per heavy atom. The minimum atomic E-state index is -1.06. The van der Waals surface area contributed by atoms with E-state index in [0.29, 0.717) is 30.7 Å². The predicted molar refractivity (Wildman–Crippen MR) is 111 cm³/mol. The molecule has 9 heteroatoms. The number of hydrogen-bond donors (Lipinski definition) is 3. The van der Waals surface area contributed by atoms with E-state index >= 15 is 0 Å². The highest BCUT2D eigenvalue weighted by atomic mass is 16.5. The third kappa shape index (κ3) is 3.18. The van der Waals surface area contributed by atoms with Gasteiger partial charge in [0.25, 0.3) is 0 Å². The third-order valence-electron chi connectivity index (χ3n) is 6.97. The van der Waals surface area contributed by atoms with Gasteiger partial charge in [0.05, 0.1) is 24.5 Å². The third-order valence-corrected chi connectivity index (χ3v) is 6.97. The van der Waals surface area contributed by atoms with Crippen molar-refractivity contribution in [1.29, 1.82) is 0 Å². The summed E-state index contributed by atoms with van der Waals surface area (Å²) in [5, 5.41) is 14.9. The molecule has 0 saturated carbocycles. The molecule has 0 aromatic heterocycles. The van der Waals surface area contributed by atoms with E-state index in [1.807, 2.05) is 6.92 Å². The molecule has 1 aromatic carbocycles. The number of benzene rings is 1. The number of nitrogens with zero attached hydrogens (tertiary/aromatic N) is 1. The number of rotatable bonds is 7. The van der Waals surface area contributed by atoms with Crippen molar-refractivity contribution in [3.8, 4) is 5.75 Å². The van der Waals surface area contributed by atoms with Crippen LogP contribution in [0, 0.1) is 11.8 Å². The topological polar surface area (TPSA) is 117 Å². The lowest BCUT2D eigenvalue weighted by atomic mass is 9.66. The number of ether oxygens (including phenoxy) is 2. The largest absolute Gasteiger partial charge is 0.497 e. The van der Waals surface area contributed by atoms with Gasteiger partial charge in [0.1, 0.15) is 17.4 Å². The highest BCUT2D eigenvalue weighted by molar-refractivity contribution is 6.03. The second-order valence-electron chi connectivity index (χ2n) is 8.67. The van der Waals surface area contributed by atoms with Crippen LogP contribution < -0.4 is 15.4 Å². The first-order chi connectivity index (χ1) is 14.8. The second-order valence-corrected chi connectivity index (χ2v) is 8.67. The van der Waals surface area contributed by atoms with Gasteiger partial charge in [0.15, 0.2) is 0 Å². The maximum atomic E-state index is 13.5. The summed E-state index contributed by atoms with van der Waals surface area (Å²) in [6, 6.07) is 6.04. The van der Waals surface area contributed by atoms with Gasteiger partial charge >= 0.3 is 0 Å². The number of fused-ring (bicyclic) bond motifs is 1. The van der Waals surface area contributed by atoms with E-state index in [4.69, 9.17) is 9.47 Å². The Morgan fingerprint density at radius 2 is 1.97 bits per heavy atom. The summed E-state index contributed by atoms with van der Waals surface area (Å²) >= 11 is 0. The number of methoxy groups -OCH3 is 1. The molecule has 9 nitrogen and oxygen atoms in total. The Morgan fingerprint density at radius 1 is 1.26 bits per heavy atom. The van der Waals surface area contributed by atoms with Crippen LogP contribution in [0.4, 0.5) is 5.69 Å². The number of hydrogen-bond acceptors (Lipinski definition) is 6. The van der Waals surface area contributed by atoms with Crippen molar-refractivity contribution < 1.29 is 29.0 Å². The van der Waals surface area contributed by atoms with E-state index in [1.165, 1.54) is 4.90 Å². The molecule has 1 aromatic rings. The lowest BCUT2D eigenvalue weighted by Crippen LogP contribution is -2.53. The summed E-state index contributed by atoms with van der Waals surface area (Å²) < 4.78 is 11.6. The standard InChI is InChI=1S/C22H29N3O6/c1-21-9-10-22(31-21)16(15(21)18(27)23-2)20(29)25(11-4-12-26)17(22)19(28)24-13-5-7-14(30-3)8-6-13/h5-8,15-17,26H,4,9-12H2,1-3H3,(H,23,27)(H,24,28)/t15-,16+,17?,21+,22?/m1/s1. The summed E-state index contributed by atoms with van der Waals surface area (Å²) in [6.45, 7) is 1.96. The molecule has 4 rings (SSSR count). The molecule has 3 N–H and O–H groups in total. The van der Waals surface area contributed by atoms with Crippen molar-refractivity contribution >= 4 is 23.4 Å². The Bertz CT molecular complexity index is 890. The normalized spacial score (nSPS) is 33.4. The number of aliphatic hydroxyl groups excluding tert-OH is 1. The number of aliphatic hydroxyl groups is 1. The van der Waals surface area contributed by atoms with E-state index in [1.54, 1.807) is 38.4 Å². The van der Waals surface area contributed by atoms with Gasteiger partial charge in [-0.05, 0) is 50.5 Å². The number of carbonyl (C=O) groups excluding carboxylic acids is 3. The molecule has 0 radical (unpaired) electrons. The Balaban J connectivity index is 1.69. The van der Waals surface area contributed by atoms with Crippen LogP contribution in [0.2, 0.25) is 0 Å². The van der Waals surface area contributed by atoms with Crippen LogP contribution in [-0.2, 0) is 19.1 Å². The van der Waals surface area contributed by atoms with Gasteiger partial charge in [-0.25, -0.2) is 0 Å². The zero-order valence-corrected chi connectivity index (χ0v) is 18.0. The maximum Gasteiger partial charge on any atom is 0.250 e. The van der Waals surface area contributed by atoms with Crippen molar-refractivity contribution in [2.24, 2.45) is 11.8 Å². The van der Waals surface area contributed by atoms with E-state index in [9.17, 15) is 19.5 Å². The van der Waals surface area contributed by atoms with Crippen molar-refractivity contribution in [2.45, 2.75) is 43.4 Å². The molecule has 31 heavy (non-hydrogen) atoms. The van der Waals surface area contributed by atoms with Gasteiger partial charge in [-0.15, -0.1) is 0 Å². The van der Waals surface area contributed by atoms with Crippen LogP contribution in [-0.4, -0.2) is 72.3 Å². The monoisotopic (exact) mass is 431 g/mol. The zero-order valence-electron chi connectivity index (χ0n) is 18.0. The highest BCUT2D eigenvalue weighted by Gasteiger charge is 2.77. The fraction of sp³-hybridized carbons (Fsp3) is 0.591. The van der Waals surface area contributed by atoms with E-state index < -0.39 is 29.1 Å². The van der Waals surface area contributed by atoms with Crippen LogP contribution >= 0.6 is 0 Å². The molecule has 1 spiro atoms. The Kier molecular flexibility index (Phi) is 5.43. The number of carbonyl (C=O) groups is 3. The SMILES string of the molecule is CNC(=O)[C@H]1[C@H]2C(=O)N(CCCO)C(C(=O)Nc3ccc(OC)cc3)C23CC[C@]1(C)O3. The molecule has 168 valence electrons. The summed E-state index contributed by atoms with van der Waals surface area (Å²) in [7, 11) is 3.11. The molecular formula is C22H29N3O6. The average molecular weight is 431 g/mol. The summed E-state index contributed by atoms with van der Waals surface area (Å²) in [4.78, 5) is 41.2. The van der Waals surface area contributed by atoms with E-state index in [-0.39, 0.29) is 30.9 Å². The average Bonchev–Trinajstić information content (AvgIpc) is 3.33. The van der Waals surface area contributed by atoms with Crippen LogP contribution in [0.15, 0.2) is 24.3 Å². The van der Waals surface area contributed by atoms with Crippen LogP contribution in [0.3, 0.4) is 0 Å². The first-order valence-corrected chi connectivity index (χ1v) is 10.6. The Labute approximate surface area is 181 Å². The second kappa shape index (κ2) is 7.80. The minimum absolute atomic E-state index is 0.105. The molecule has 3 saturated heterocycles. The summed E-state index contributed by atoms with van der Waals surface area (Å²) in [6.07, 6.45) is 1.45. The molecule has 2 unspecified atom stereocenters. The van der Waals surface area contributed by atoms with E-state index in [2.05, 4.69) is 10.6 Å². The van der Waals surface area contributed by atoms with Gasteiger partial charge in [-0.1, -0.05) is 0 Å². The van der Waals surface area contributed by atoms with Crippen molar-refractivity contribution in [3.63, 3.8) is 0 Å². The molecule has 5 atom stereocenters. The van der Waals surface area contributed by atoms with Gasteiger partial charge in [-0.2, -0.15) is 0 Å². The molecule has 3 fully saturated rings. The fourth-order valence-corrected chi connectivity index (χ4v) is 5.65. The first kappa shape index (κ1) is 21.6. The minimum Gasteiger partial charge on any atom is -0.497 e. The molecule has 3 aliphatic heterocycles. The lowest BCUT2D eigenvalue weighted by molar-refractivity contribution is -0.144. The van der Waals surface area contributed by atoms with Crippen LogP contribution in [0.5, 0.6) is 5.75 Å². The quantitative estimate of drug-likeness (QED) is 0.580. The van der Waals surface area contributed by atoms with Gasteiger partial charge in [0, 0.05) is 25.9 Å². The van der Waals surface area contributed by atoms with Crippen molar-refractivity contribution in [1.82, 2.24) is 10.2 Å². The van der Waals surface area contributed by atoms with Gasteiger partial charge in [-0.3, -0.25) is 14.4 Å². The highest BCUT2D eigenvalue weighted by Crippen LogP contribution is 2.63. The Hall–Kier alpha value is -2.65. The summed E-state index contributed by atoms with van der Waals surface area (Å²) in [5.41, 5.74) is -1.28. The van der Waals surface area contributed by atoms with E-state index in [0.717, 1.165) is 0 Å². The number of anilines is 1. The fourth-order valence-electron chi connectivity index (χ4n) is 5.65. The smallest absolute Gasteiger partial charge is 0.250 e. The maximum absolute atomic E-state index is 13.5. The molecule has 3 amide bonds. The zero-order chi connectivity index (χ0) is 22.4. The molecule has 3 heterocycles. The van der Waals surface area contributed by atoms with Gasteiger partial charge < -0.3 is 30.1 Å². The lowest BCUT2D eigenvalue weighted by Gasteiger charge is -2.33. The van der Waals surface area contributed by atoms with Crippen molar-refractivity contribution in [3.05, 3.63) is 24.3 Å². The molecule has 3 aliphatic rings. The molecule has 0 aliphatic carbocycles. The van der Waals surface area contributed by atoms with Crippen molar-refractivity contribution in [2.75, 3.05) is 32.6 Å². The first-order valence-electron chi connectivity index (χ1n) is 10.6. The van der Waals surface area contributed by atoms with Gasteiger partial charge in [0.2, 0.25) is 17.7 Å². The van der Waals surface area contributed by atoms with Crippen LogP contribution in [0.1, 0.15) is 26.2 Å². The summed E-state index contributed by atoms with van der Waals surface area (Å²) in [5.74, 6) is -1.59. The predicted octanol–water partition coefficient (Wildman–Crippen LogP) is 0.527. The number of nitrogens with one attached hydrogen (secondary N) is 2. The number of amides is 3. The molecular weight excluding hydrogens is 402 g/mol. The van der Waals surface area contributed by atoms with Crippen LogP contribution in [0.25, 0.3) is 0 Å². The molecule has 2 bridgehead atoms. The number of likely N-dealkylation sites (tertiary alicyclic amines) is 1.